The summed E-state index contributed by atoms with van der Waals surface area (Å²) in [5.41, 5.74) is 3.62. The molecule has 0 spiro atoms. The minimum atomic E-state index is -0.0544. The summed E-state index contributed by atoms with van der Waals surface area (Å²) in [6.45, 7) is 5.56. The third-order valence-corrected chi connectivity index (χ3v) is 7.24. The molecule has 1 aliphatic heterocycles. The van der Waals surface area contributed by atoms with Gasteiger partial charge in [-0.3, -0.25) is 9.59 Å². The summed E-state index contributed by atoms with van der Waals surface area (Å²) >= 11 is 1.78. The molecule has 28 heavy (non-hydrogen) atoms. The van der Waals surface area contributed by atoms with Crippen molar-refractivity contribution in [2.24, 2.45) is 5.92 Å². The quantitative estimate of drug-likeness (QED) is 0.761. The molecule has 148 valence electrons. The van der Waals surface area contributed by atoms with Gasteiger partial charge >= 0.3 is 0 Å². The largest absolute Gasteiger partial charge is 0.333 e. The fraction of sp³-hybridized carbons (Fsp3) is 0.478. The molecule has 0 bridgehead atoms. The molecule has 4 rings (SSSR count). The molecule has 0 unspecified atom stereocenters. The second-order valence-corrected chi connectivity index (χ2v) is 8.88. The molecule has 1 saturated carbocycles. The van der Waals surface area contributed by atoms with E-state index < -0.39 is 0 Å². The summed E-state index contributed by atoms with van der Waals surface area (Å²) in [6.07, 6.45) is 3.96. The van der Waals surface area contributed by atoms with E-state index in [1.165, 1.54) is 21.6 Å². The van der Waals surface area contributed by atoms with Crippen molar-refractivity contribution in [1.82, 2.24) is 9.80 Å². The minimum absolute atomic E-state index is 0.0544. The van der Waals surface area contributed by atoms with Crippen molar-refractivity contribution < 1.29 is 9.59 Å². The van der Waals surface area contributed by atoms with E-state index in [4.69, 9.17) is 0 Å². The first-order chi connectivity index (χ1) is 13.6. The summed E-state index contributed by atoms with van der Waals surface area (Å²) in [5.74, 6) is 0.340. The first-order valence-corrected chi connectivity index (χ1v) is 11.2. The Morgan fingerprint density at radius 1 is 1.18 bits per heavy atom. The van der Waals surface area contributed by atoms with Crippen LogP contribution in [-0.4, -0.2) is 41.2 Å². The van der Waals surface area contributed by atoms with Crippen molar-refractivity contribution >= 4 is 23.2 Å². The number of amides is 2. The molecule has 1 aromatic carbocycles. The summed E-state index contributed by atoms with van der Waals surface area (Å²) in [7, 11) is 0. The molecule has 1 aliphatic carbocycles. The number of hydrogen-bond acceptors (Lipinski definition) is 3. The molecule has 5 heteroatoms. The predicted octanol–water partition coefficient (Wildman–Crippen LogP) is 4.18. The van der Waals surface area contributed by atoms with Crippen LogP contribution in [0, 0.1) is 12.8 Å². The average Bonchev–Trinajstić information content (AvgIpc) is 3.13. The zero-order chi connectivity index (χ0) is 19.7. The lowest BCUT2D eigenvalue weighted by Crippen LogP contribution is -2.48. The molecule has 4 nitrogen and oxygen atoms in total. The van der Waals surface area contributed by atoms with Crippen LogP contribution in [0.2, 0.25) is 0 Å². The minimum Gasteiger partial charge on any atom is -0.333 e. The first kappa shape index (κ1) is 19.2. The zero-order valence-electron chi connectivity index (χ0n) is 16.7. The van der Waals surface area contributed by atoms with E-state index in [0.717, 1.165) is 25.7 Å². The van der Waals surface area contributed by atoms with Crippen LogP contribution in [0.25, 0.3) is 0 Å². The summed E-state index contributed by atoms with van der Waals surface area (Å²) in [5, 5.41) is 2.13. The van der Waals surface area contributed by atoms with Crippen LogP contribution in [-0.2, 0) is 16.0 Å². The summed E-state index contributed by atoms with van der Waals surface area (Å²) in [6, 6.07) is 10.4. The van der Waals surface area contributed by atoms with Crippen LogP contribution in [0.3, 0.4) is 0 Å². The van der Waals surface area contributed by atoms with Crippen molar-refractivity contribution in [2.75, 3.05) is 19.6 Å². The number of hydrogen-bond donors (Lipinski definition) is 0. The van der Waals surface area contributed by atoms with Crippen molar-refractivity contribution in [3.05, 3.63) is 57.3 Å². The highest BCUT2D eigenvalue weighted by molar-refractivity contribution is 7.10. The molecule has 0 radical (unpaired) electrons. The fourth-order valence-corrected chi connectivity index (χ4v) is 5.23. The third-order valence-electron chi connectivity index (χ3n) is 6.24. The van der Waals surface area contributed by atoms with E-state index in [2.05, 4.69) is 30.5 Å². The number of aryl methyl sites for hydroxylation is 1. The number of rotatable bonds is 5. The standard InChI is InChI=1S/C23H28N2O2S/c1-3-24(23(27)17-8-6-9-17)15-21(26)25-13-11-20-19(12-14-28-20)22(25)18-10-5-4-7-16(18)2/h4-5,7,10,12,14,17,22H,3,6,8-9,11,13,15H2,1-2H3/t22-/m0/s1. The highest BCUT2D eigenvalue weighted by atomic mass is 32.1. The lowest BCUT2D eigenvalue weighted by molar-refractivity contribution is -0.145. The number of carbonyl (C=O) groups is 2. The number of fused-ring (bicyclic) bond motifs is 1. The van der Waals surface area contributed by atoms with E-state index in [-0.39, 0.29) is 30.3 Å². The molecular weight excluding hydrogens is 368 g/mol. The smallest absolute Gasteiger partial charge is 0.242 e. The predicted molar refractivity (Wildman–Crippen MR) is 112 cm³/mol. The maximum absolute atomic E-state index is 13.4. The van der Waals surface area contributed by atoms with Gasteiger partial charge in [0.1, 0.15) is 0 Å². The molecule has 2 amide bonds. The Morgan fingerprint density at radius 3 is 2.64 bits per heavy atom. The number of nitrogens with zero attached hydrogens (tertiary/aromatic N) is 2. The molecule has 1 aromatic heterocycles. The second kappa shape index (κ2) is 8.08. The average molecular weight is 397 g/mol. The van der Waals surface area contributed by atoms with Gasteiger partial charge in [-0.1, -0.05) is 30.7 Å². The van der Waals surface area contributed by atoms with Gasteiger partial charge in [-0.25, -0.2) is 0 Å². The van der Waals surface area contributed by atoms with Gasteiger partial charge in [-0.2, -0.15) is 0 Å². The van der Waals surface area contributed by atoms with E-state index in [0.29, 0.717) is 13.1 Å². The van der Waals surface area contributed by atoms with Crippen LogP contribution in [0.4, 0.5) is 0 Å². The maximum Gasteiger partial charge on any atom is 0.242 e. The van der Waals surface area contributed by atoms with Gasteiger partial charge in [0.25, 0.3) is 0 Å². The topological polar surface area (TPSA) is 40.6 Å². The van der Waals surface area contributed by atoms with Crippen molar-refractivity contribution in [3.8, 4) is 0 Å². The van der Waals surface area contributed by atoms with Crippen LogP contribution in [0.1, 0.15) is 53.8 Å². The van der Waals surface area contributed by atoms with Gasteiger partial charge in [0.05, 0.1) is 12.6 Å². The third kappa shape index (κ3) is 3.48. The van der Waals surface area contributed by atoms with E-state index in [1.807, 2.05) is 24.0 Å². The van der Waals surface area contributed by atoms with E-state index in [1.54, 1.807) is 16.2 Å². The zero-order valence-corrected chi connectivity index (χ0v) is 17.5. The van der Waals surface area contributed by atoms with Crippen LogP contribution < -0.4 is 0 Å². The maximum atomic E-state index is 13.4. The Labute approximate surface area is 171 Å². The van der Waals surface area contributed by atoms with Crippen molar-refractivity contribution in [3.63, 3.8) is 0 Å². The normalized spacial score (nSPS) is 19.1. The highest BCUT2D eigenvalue weighted by Crippen LogP contribution is 2.39. The van der Waals surface area contributed by atoms with E-state index in [9.17, 15) is 9.59 Å². The Balaban J connectivity index is 1.60. The summed E-state index contributed by atoms with van der Waals surface area (Å²) < 4.78 is 0. The van der Waals surface area contributed by atoms with Gasteiger partial charge in [-0.15, -0.1) is 11.3 Å². The molecule has 2 aromatic rings. The molecule has 2 heterocycles. The van der Waals surface area contributed by atoms with Gasteiger partial charge in [0.15, 0.2) is 0 Å². The van der Waals surface area contributed by atoms with Crippen LogP contribution in [0.5, 0.6) is 0 Å². The second-order valence-electron chi connectivity index (χ2n) is 7.88. The number of benzene rings is 1. The molecule has 2 aliphatic rings. The van der Waals surface area contributed by atoms with Crippen LogP contribution >= 0.6 is 11.3 Å². The van der Waals surface area contributed by atoms with Crippen LogP contribution in [0.15, 0.2) is 35.7 Å². The highest BCUT2D eigenvalue weighted by Gasteiger charge is 2.35. The van der Waals surface area contributed by atoms with Gasteiger partial charge < -0.3 is 9.80 Å². The number of thiophene rings is 1. The fourth-order valence-electron chi connectivity index (χ4n) is 4.33. The lowest BCUT2D eigenvalue weighted by atomic mass is 9.84. The molecular formula is C23H28N2O2S. The Kier molecular flexibility index (Phi) is 5.54. The van der Waals surface area contributed by atoms with Crippen molar-refractivity contribution in [1.29, 1.82) is 0 Å². The number of likely N-dealkylation sites (N-methyl/N-ethyl adjacent to an activating group) is 1. The van der Waals surface area contributed by atoms with Crippen molar-refractivity contribution in [2.45, 2.75) is 45.6 Å². The SMILES string of the molecule is CCN(CC(=O)N1CCc2sccc2[C@@H]1c1ccccc1C)C(=O)C1CCC1. The van der Waals surface area contributed by atoms with Gasteiger partial charge in [-0.05, 0) is 61.2 Å². The summed E-state index contributed by atoms with van der Waals surface area (Å²) in [4.78, 5) is 31.2. The monoisotopic (exact) mass is 396 g/mol. The Hall–Kier alpha value is -2.14. The lowest BCUT2D eigenvalue weighted by Gasteiger charge is -2.39. The van der Waals surface area contributed by atoms with E-state index >= 15 is 0 Å². The Bertz CT molecular complexity index is 871. The molecule has 1 fully saturated rings. The molecule has 1 atom stereocenters. The number of carbonyl (C=O) groups excluding carboxylic acids is 2. The Morgan fingerprint density at radius 2 is 1.96 bits per heavy atom. The van der Waals surface area contributed by atoms with Gasteiger partial charge in [0, 0.05) is 23.9 Å². The first-order valence-electron chi connectivity index (χ1n) is 10.3. The molecule has 0 saturated heterocycles. The van der Waals surface area contributed by atoms with Gasteiger partial charge in [0.2, 0.25) is 11.8 Å². The molecule has 0 N–H and O–H groups in total.